The molecule has 0 bridgehead atoms. The number of ketones is 1. The van der Waals surface area contributed by atoms with E-state index in [2.05, 4.69) is 0 Å². The Bertz CT molecular complexity index is 1190. The topological polar surface area (TPSA) is 73.6 Å². The Labute approximate surface area is 187 Å². The van der Waals surface area contributed by atoms with Crippen molar-refractivity contribution in [3.8, 4) is 11.5 Å². The monoisotopic (exact) mass is 430 g/mol. The highest BCUT2D eigenvalue weighted by atomic mass is 16.5. The van der Waals surface area contributed by atoms with E-state index < -0.39 is 6.10 Å². The molecule has 0 unspecified atom stereocenters. The molecule has 2 atom stereocenters. The van der Waals surface area contributed by atoms with Gasteiger partial charge < -0.3 is 19.1 Å². The summed E-state index contributed by atoms with van der Waals surface area (Å²) in [6.07, 6.45) is -1.07. The summed E-state index contributed by atoms with van der Waals surface area (Å²) in [4.78, 5) is 16.2. The lowest BCUT2D eigenvalue weighted by Gasteiger charge is -2.19. The van der Waals surface area contributed by atoms with Gasteiger partial charge in [-0.2, -0.15) is 0 Å². The predicted octanol–water partition coefficient (Wildman–Crippen LogP) is 4.82. The van der Waals surface area contributed by atoms with Crippen LogP contribution in [0, 0.1) is 0 Å². The van der Waals surface area contributed by atoms with Crippen LogP contribution in [0.25, 0.3) is 11.0 Å². The van der Waals surface area contributed by atoms with E-state index in [-0.39, 0.29) is 18.5 Å². The molecule has 4 rings (SSSR count). The Hall–Kier alpha value is -3.64. The Kier molecular flexibility index (Phi) is 6.52. The molecule has 164 valence electrons. The van der Waals surface area contributed by atoms with Crippen LogP contribution in [-0.4, -0.2) is 33.2 Å². The van der Waals surface area contributed by atoms with Crippen LogP contribution in [0.4, 0.5) is 0 Å². The van der Waals surface area contributed by atoms with Gasteiger partial charge in [0.05, 0.1) is 17.6 Å². The highest BCUT2D eigenvalue weighted by Gasteiger charge is 2.20. The normalized spacial score (nSPS) is 13.0. The quantitative estimate of drug-likeness (QED) is 0.386. The zero-order chi connectivity index (χ0) is 22.5. The number of aromatic nitrogens is 2. The summed E-state index contributed by atoms with van der Waals surface area (Å²) in [5.41, 5.74) is 2.40. The van der Waals surface area contributed by atoms with E-state index in [1.54, 1.807) is 24.3 Å². The summed E-state index contributed by atoms with van der Waals surface area (Å²) in [6.45, 7) is 3.89. The molecule has 3 aromatic carbocycles. The second kappa shape index (κ2) is 9.66. The number of benzene rings is 3. The van der Waals surface area contributed by atoms with Crippen LogP contribution in [0.15, 0.2) is 78.9 Å². The standard InChI is InChI=1S/C26H26N2O4/c1-18(29)20-12-14-22(15-13-20)31-17-21(30)16-28-25-11-7-6-10-24(25)27-26(28)19(2)32-23-8-4-3-5-9-23/h3-15,19,21,30H,16-17H2,1-2H3/t19-,21-/m0/s1. The molecule has 0 aliphatic carbocycles. The Balaban J connectivity index is 1.49. The number of nitrogens with zero attached hydrogens (tertiary/aromatic N) is 2. The van der Waals surface area contributed by atoms with Gasteiger partial charge in [0.25, 0.3) is 0 Å². The number of Topliss-reactive ketones (excluding diaryl/α,β-unsaturated/α-hetero) is 1. The minimum atomic E-state index is -0.761. The number of para-hydroxylation sites is 3. The van der Waals surface area contributed by atoms with Crippen molar-refractivity contribution in [2.45, 2.75) is 32.6 Å². The van der Waals surface area contributed by atoms with Crippen molar-refractivity contribution in [3.63, 3.8) is 0 Å². The summed E-state index contributed by atoms with van der Waals surface area (Å²) < 4.78 is 13.8. The zero-order valence-corrected chi connectivity index (χ0v) is 18.1. The van der Waals surface area contributed by atoms with E-state index in [0.29, 0.717) is 17.9 Å². The lowest BCUT2D eigenvalue weighted by Crippen LogP contribution is -2.25. The number of imidazole rings is 1. The number of ether oxygens (including phenoxy) is 2. The van der Waals surface area contributed by atoms with Gasteiger partial charge in [-0.1, -0.05) is 30.3 Å². The number of hydrogen-bond acceptors (Lipinski definition) is 5. The predicted molar refractivity (Wildman–Crippen MR) is 123 cm³/mol. The van der Waals surface area contributed by atoms with Crippen molar-refractivity contribution in [3.05, 3.63) is 90.3 Å². The molecule has 0 saturated carbocycles. The van der Waals surface area contributed by atoms with Crippen LogP contribution >= 0.6 is 0 Å². The van der Waals surface area contributed by atoms with E-state index in [1.807, 2.05) is 66.1 Å². The van der Waals surface area contributed by atoms with Gasteiger partial charge in [-0.15, -0.1) is 0 Å². The molecule has 1 heterocycles. The number of hydrogen-bond donors (Lipinski definition) is 1. The maximum atomic E-state index is 11.4. The first-order chi connectivity index (χ1) is 15.5. The van der Waals surface area contributed by atoms with Crippen molar-refractivity contribution < 1.29 is 19.4 Å². The summed E-state index contributed by atoms with van der Waals surface area (Å²) in [7, 11) is 0. The van der Waals surface area contributed by atoms with Crippen molar-refractivity contribution in [2.24, 2.45) is 0 Å². The van der Waals surface area contributed by atoms with Gasteiger partial charge in [0.1, 0.15) is 24.2 Å². The average Bonchev–Trinajstić information content (AvgIpc) is 3.17. The fourth-order valence-corrected chi connectivity index (χ4v) is 3.59. The molecule has 32 heavy (non-hydrogen) atoms. The van der Waals surface area contributed by atoms with E-state index in [9.17, 15) is 9.90 Å². The maximum absolute atomic E-state index is 11.4. The smallest absolute Gasteiger partial charge is 0.159 e. The lowest BCUT2D eigenvalue weighted by atomic mass is 10.1. The first-order valence-electron chi connectivity index (χ1n) is 10.6. The zero-order valence-electron chi connectivity index (χ0n) is 18.1. The fourth-order valence-electron chi connectivity index (χ4n) is 3.59. The van der Waals surface area contributed by atoms with Gasteiger partial charge in [0, 0.05) is 5.56 Å². The van der Waals surface area contributed by atoms with Crippen LogP contribution in [0.5, 0.6) is 11.5 Å². The molecule has 0 amide bonds. The molecule has 4 aromatic rings. The second-order valence-electron chi connectivity index (χ2n) is 7.69. The molecule has 0 aliphatic heterocycles. The molecule has 0 radical (unpaired) electrons. The molecule has 0 saturated heterocycles. The molecule has 6 nitrogen and oxygen atoms in total. The molecule has 1 aromatic heterocycles. The highest BCUT2D eigenvalue weighted by Crippen LogP contribution is 2.25. The fraction of sp³-hybridized carbons (Fsp3) is 0.231. The third-order valence-corrected chi connectivity index (χ3v) is 5.20. The number of carbonyl (C=O) groups excluding carboxylic acids is 1. The van der Waals surface area contributed by atoms with Crippen molar-refractivity contribution in [2.75, 3.05) is 6.61 Å². The highest BCUT2D eigenvalue weighted by molar-refractivity contribution is 5.94. The number of rotatable bonds is 9. The third-order valence-electron chi connectivity index (χ3n) is 5.20. The van der Waals surface area contributed by atoms with Gasteiger partial charge in [-0.25, -0.2) is 4.98 Å². The first-order valence-corrected chi connectivity index (χ1v) is 10.6. The molecular weight excluding hydrogens is 404 g/mol. The maximum Gasteiger partial charge on any atom is 0.159 e. The Morgan fingerprint density at radius 3 is 2.38 bits per heavy atom. The molecule has 0 fully saturated rings. The van der Waals surface area contributed by atoms with Gasteiger partial charge >= 0.3 is 0 Å². The molecule has 0 spiro atoms. The van der Waals surface area contributed by atoms with E-state index in [0.717, 1.165) is 22.6 Å². The summed E-state index contributed by atoms with van der Waals surface area (Å²) in [6, 6.07) is 24.3. The van der Waals surface area contributed by atoms with Crippen LogP contribution in [0.3, 0.4) is 0 Å². The van der Waals surface area contributed by atoms with Gasteiger partial charge in [0.2, 0.25) is 0 Å². The number of aliphatic hydroxyl groups excluding tert-OH is 1. The van der Waals surface area contributed by atoms with Crippen LogP contribution in [0.2, 0.25) is 0 Å². The Morgan fingerprint density at radius 2 is 1.66 bits per heavy atom. The van der Waals surface area contributed by atoms with Gasteiger partial charge in [-0.3, -0.25) is 4.79 Å². The van der Waals surface area contributed by atoms with Crippen molar-refractivity contribution in [1.29, 1.82) is 0 Å². The van der Waals surface area contributed by atoms with Gasteiger partial charge in [-0.05, 0) is 62.4 Å². The number of aliphatic hydroxyl groups is 1. The average molecular weight is 431 g/mol. The van der Waals surface area contributed by atoms with Gasteiger partial charge in [0.15, 0.2) is 17.7 Å². The van der Waals surface area contributed by atoms with Crippen molar-refractivity contribution >= 4 is 16.8 Å². The molecular formula is C26H26N2O4. The summed E-state index contributed by atoms with van der Waals surface area (Å²) in [5, 5.41) is 10.7. The van der Waals surface area contributed by atoms with Crippen LogP contribution < -0.4 is 9.47 Å². The van der Waals surface area contributed by atoms with Crippen molar-refractivity contribution in [1.82, 2.24) is 9.55 Å². The lowest BCUT2D eigenvalue weighted by molar-refractivity contribution is 0.0903. The summed E-state index contributed by atoms with van der Waals surface area (Å²) >= 11 is 0. The minimum absolute atomic E-state index is 0.00272. The third kappa shape index (κ3) is 4.98. The minimum Gasteiger partial charge on any atom is -0.491 e. The number of fused-ring (bicyclic) bond motifs is 1. The molecule has 1 N–H and O–H groups in total. The van der Waals surface area contributed by atoms with E-state index in [4.69, 9.17) is 14.5 Å². The van der Waals surface area contributed by atoms with E-state index >= 15 is 0 Å². The first kappa shape index (κ1) is 21.6. The van der Waals surface area contributed by atoms with Crippen LogP contribution in [0.1, 0.15) is 36.1 Å². The second-order valence-corrected chi connectivity index (χ2v) is 7.69. The molecule has 0 aliphatic rings. The SMILES string of the molecule is CC(=O)c1ccc(OC[C@@H](O)Cn2c([C@H](C)Oc3ccccc3)nc3ccccc32)cc1. The van der Waals surface area contributed by atoms with Crippen LogP contribution in [-0.2, 0) is 6.54 Å². The number of carbonyl (C=O) groups is 1. The largest absolute Gasteiger partial charge is 0.491 e. The van der Waals surface area contributed by atoms with E-state index in [1.165, 1.54) is 6.92 Å². The molecule has 6 heteroatoms. The summed E-state index contributed by atoms with van der Waals surface area (Å²) in [5.74, 6) is 2.10. The Morgan fingerprint density at radius 1 is 0.969 bits per heavy atom.